The second-order valence-electron chi connectivity index (χ2n) is 10.3. The molecule has 0 atom stereocenters. The molecule has 5 aromatic rings. The second kappa shape index (κ2) is 9.17. The van der Waals surface area contributed by atoms with Gasteiger partial charge in [0.15, 0.2) is 5.65 Å². The van der Waals surface area contributed by atoms with Gasteiger partial charge in [0.2, 0.25) is 0 Å². The number of rotatable bonds is 4. The number of para-hydroxylation sites is 2. The van der Waals surface area contributed by atoms with E-state index in [0.29, 0.717) is 27.9 Å². The van der Waals surface area contributed by atoms with Crippen LogP contribution in [0.5, 0.6) is 0 Å². The van der Waals surface area contributed by atoms with Gasteiger partial charge in [0, 0.05) is 5.69 Å². The molecule has 2 heterocycles. The van der Waals surface area contributed by atoms with Gasteiger partial charge < -0.3 is 11.1 Å². The van der Waals surface area contributed by atoms with Crippen molar-refractivity contribution in [1.82, 2.24) is 14.6 Å². The smallest absolute Gasteiger partial charge is 0.261 e. The first-order valence-corrected chi connectivity index (χ1v) is 12.2. The highest BCUT2D eigenvalue weighted by molar-refractivity contribution is 6.16. The number of fused-ring (bicyclic) bond motifs is 2. The number of carbonyl (C=O) groups excluding carboxylic acids is 1. The zero-order chi connectivity index (χ0) is 26.3. The molecule has 3 aromatic carbocycles. The van der Waals surface area contributed by atoms with E-state index in [2.05, 4.69) is 43.3 Å². The van der Waals surface area contributed by atoms with Crippen LogP contribution in [0.3, 0.4) is 0 Å². The number of hydrogen-bond donors (Lipinski definition) is 2. The lowest BCUT2D eigenvalue weighted by Crippen LogP contribution is -2.14. The first-order valence-electron chi connectivity index (χ1n) is 12.2. The zero-order valence-corrected chi connectivity index (χ0v) is 21.7. The Morgan fingerprint density at radius 3 is 2.27 bits per heavy atom. The quantitative estimate of drug-likeness (QED) is 0.292. The lowest BCUT2D eigenvalue weighted by atomic mass is 9.87. The molecule has 2 aromatic heterocycles. The molecule has 5 rings (SSSR count). The van der Waals surface area contributed by atoms with Crippen LogP contribution in [0.1, 0.15) is 53.4 Å². The van der Waals surface area contributed by atoms with Crippen molar-refractivity contribution in [1.29, 1.82) is 0 Å². The maximum atomic E-state index is 13.5. The van der Waals surface area contributed by atoms with Gasteiger partial charge in [-0.3, -0.25) is 4.79 Å². The average molecular weight is 491 g/mol. The number of amides is 1. The predicted molar refractivity (Wildman–Crippen MR) is 151 cm³/mol. The van der Waals surface area contributed by atoms with Gasteiger partial charge in [-0.15, -0.1) is 0 Å². The van der Waals surface area contributed by atoms with E-state index < -0.39 is 0 Å². The van der Waals surface area contributed by atoms with Gasteiger partial charge in [0.25, 0.3) is 5.91 Å². The van der Waals surface area contributed by atoms with Gasteiger partial charge >= 0.3 is 0 Å². The van der Waals surface area contributed by atoms with Crippen molar-refractivity contribution >= 4 is 45.8 Å². The third kappa shape index (κ3) is 4.68. The van der Waals surface area contributed by atoms with Gasteiger partial charge in [0.1, 0.15) is 16.9 Å². The average Bonchev–Trinajstić information content (AvgIpc) is 3.13. The monoisotopic (exact) mass is 490 g/mol. The third-order valence-electron chi connectivity index (χ3n) is 6.56. The summed E-state index contributed by atoms with van der Waals surface area (Å²) >= 11 is 0. The number of nitrogens with zero attached hydrogens (tertiary/aromatic N) is 4. The molecule has 0 saturated carbocycles. The normalized spacial score (nSPS) is 12.0. The van der Waals surface area contributed by atoms with E-state index in [1.54, 1.807) is 6.21 Å². The standard InChI is InChI=1S/C30H30N6O/c1-18-10-15-22(16-19(18)2)33-29(37)25-26-28(35-24-9-7-6-8-23(24)34-26)36(27(25)31)32-17-20-11-13-21(14-12-20)30(3,4)5/h6-17H,31H2,1-5H3,(H,33,37). The van der Waals surface area contributed by atoms with Crippen LogP contribution in [0.4, 0.5) is 11.5 Å². The summed E-state index contributed by atoms with van der Waals surface area (Å²) in [5.41, 5.74) is 14.1. The molecule has 0 spiro atoms. The summed E-state index contributed by atoms with van der Waals surface area (Å²) in [5, 5.41) is 7.59. The molecule has 0 aliphatic carbocycles. The molecule has 0 saturated heterocycles. The van der Waals surface area contributed by atoms with Gasteiger partial charge in [-0.1, -0.05) is 63.2 Å². The Morgan fingerprint density at radius 2 is 1.62 bits per heavy atom. The number of nitrogen functional groups attached to an aromatic ring is 1. The highest BCUT2D eigenvalue weighted by atomic mass is 16.1. The molecular formula is C30H30N6O. The Kier molecular flexibility index (Phi) is 5.99. The molecule has 37 heavy (non-hydrogen) atoms. The van der Waals surface area contributed by atoms with Crippen molar-refractivity contribution < 1.29 is 4.79 Å². The number of hydrogen-bond acceptors (Lipinski definition) is 5. The molecule has 0 bridgehead atoms. The molecule has 0 aliphatic heterocycles. The van der Waals surface area contributed by atoms with E-state index in [-0.39, 0.29) is 22.7 Å². The number of benzene rings is 3. The van der Waals surface area contributed by atoms with Crippen LogP contribution in [-0.2, 0) is 5.41 Å². The summed E-state index contributed by atoms with van der Waals surface area (Å²) in [5.74, 6) is -0.187. The molecule has 7 nitrogen and oxygen atoms in total. The minimum absolute atomic E-state index is 0.0611. The summed E-state index contributed by atoms with van der Waals surface area (Å²) < 4.78 is 1.49. The van der Waals surface area contributed by atoms with Crippen molar-refractivity contribution in [3.05, 3.63) is 94.5 Å². The lowest BCUT2D eigenvalue weighted by Gasteiger charge is -2.18. The van der Waals surface area contributed by atoms with Gasteiger partial charge in [-0.05, 0) is 65.8 Å². The van der Waals surface area contributed by atoms with Crippen molar-refractivity contribution in [2.24, 2.45) is 5.10 Å². The summed E-state index contributed by atoms with van der Waals surface area (Å²) in [4.78, 5) is 23.0. The first-order chi connectivity index (χ1) is 17.6. The summed E-state index contributed by atoms with van der Waals surface area (Å²) in [6, 6.07) is 21.5. The maximum absolute atomic E-state index is 13.5. The van der Waals surface area contributed by atoms with Crippen molar-refractivity contribution in [2.75, 3.05) is 11.1 Å². The van der Waals surface area contributed by atoms with Crippen LogP contribution in [-0.4, -0.2) is 26.8 Å². The summed E-state index contributed by atoms with van der Waals surface area (Å²) in [7, 11) is 0. The fourth-order valence-electron chi connectivity index (χ4n) is 4.19. The summed E-state index contributed by atoms with van der Waals surface area (Å²) in [6.07, 6.45) is 1.71. The molecule has 0 unspecified atom stereocenters. The molecule has 0 fully saturated rings. The molecule has 3 N–H and O–H groups in total. The third-order valence-corrected chi connectivity index (χ3v) is 6.56. The number of carbonyl (C=O) groups is 1. The van der Waals surface area contributed by atoms with Crippen LogP contribution >= 0.6 is 0 Å². The minimum atomic E-state index is -0.362. The van der Waals surface area contributed by atoms with E-state index in [9.17, 15) is 4.79 Å². The molecule has 1 amide bonds. The van der Waals surface area contributed by atoms with Crippen molar-refractivity contribution in [2.45, 2.75) is 40.0 Å². The molecule has 7 heteroatoms. The molecule has 0 radical (unpaired) electrons. The number of nitrogens with two attached hydrogens (primary N) is 1. The Hall–Kier alpha value is -4.52. The number of anilines is 2. The number of aromatic nitrogens is 3. The van der Waals surface area contributed by atoms with E-state index in [4.69, 9.17) is 15.7 Å². The fourth-order valence-corrected chi connectivity index (χ4v) is 4.19. The van der Waals surface area contributed by atoms with Crippen LogP contribution in [0.2, 0.25) is 0 Å². The topological polar surface area (TPSA) is 98.2 Å². The zero-order valence-electron chi connectivity index (χ0n) is 21.7. The number of nitrogens with one attached hydrogen (secondary N) is 1. The minimum Gasteiger partial charge on any atom is -0.383 e. The maximum Gasteiger partial charge on any atom is 0.261 e. The Morgan fingerprint density at radius 1 is 0.946 bits per heavy atom. The van der Waals surface area contributed by atoms with E-state index in [1.165, 1.54) is 10.2 Å². The highest BCUT2D eigenvalue weighted by Crippen LogP contribution is 2.29. The van der Waals surface area contributed by atoms with Gasteiger partial charge in [-0.2, -0.15) is 9.78 Å². The fraction of sp³-hybridized carbons (Fsp3) is 0.200. The lowest BCUT2D eigenvalue weighted by molar-refractivity contribution is 0.102. The highest BCUT2D eigenvalue weighted by Gasteiger charge is 2.24. The van der Waals surface area contributed by atoms with Crippen LogP contribution in [0.15, 0.2) is 71.8 Å². The predicted octanol–water partition coefficient (Wildman–Crippen LogP) is 6.22. The molecular weight excluding hydrogens is 460 g/mol. The Labute approximate surface area is 216 Å². The van der Waals surface area contributed by atoms with Crippen molar-refractivity contribution in [3.8, 4) is 0 Å². The SMILES string of the molecule is Cc1ccc(NC(=O)c2c(N)n(N=Cc3ccc(C(C)(C)C)cc3)c3nc4ccccc4nc23)cc1C. The molecule has 0 aliphatic rings. The Balaban J connectivity index is 1.60. The first kappa shape index (κ1) is 24.2. The summed E-state index contributed by atoms with van der Waals surface area (Å²) in [6.45, 7) is 10.6. The van der Waals surface area contributed by atoms with E-state index in [0.717, 1.165) is 16.7 Å². The van der Waals surface area contributed by atoms with E-state index in [1.807, 2.05) is 68.4 Å². The number of aryl methyl sites for hydroxylation is 2. The van der Waals surface area contributed by atoms with Crippen LogP contribution < -0.4 is 11.1 Å². The van der Waals surface area contributed by atoms with Gasteiger partial charge in [0.05, 0.1) is 17.2 Å². The largest absolute Gasteiger partial charge is 0.383 e. The van der Waals surface area contributed by atoms with Crippen LogP contribution in [0.25, 0.3) is 22.2 Å². The van der Waals surface area contributed by atoms with Gasteiger partial charge in [-0.25, -0.2) is 9.97 Å². The van der Waals surface area contributed by atoms with E-state index >= 15 is 0 Å². The van der Waals surface area contributed by atoms with Crippen molar-refractivity contribution in [3.63, 3.8) is 0 Å². The Bertz CT molecular complexity index is 1670. The molecule has 186 valence electrons. The van der Waals surface area contributed by atoms with Crippen LogP contribution in [0, 0.1) is 13.8 Å². The second-order valence-corrected chi connectivity index (χ2v) is 10.3.